The minimum absolute atomic E-state index is 0.274. The highest BCUT2D eigenvalue weighted by Gasteiger charge is 2.14. The molecule has 0 unspecified atom stereocenters. The molecule has 0 heterocycles. The van der Waals surface area contributed by atoms with Gasteiger partial charge in [-0.05, 0) is 65.9 Å². The van der Waals surface area contributed by atoms with Gasteiger partial charge in [0.15, 0.2) is 0 Å². The molecule has 0 aliphatic rings. The Morgan fingerprint density at radius 1 is 0.800 bits per heavy atom. The highest BCUT2D eigenvalue weighted by molar-refractivity contribution is 5.92. The molecule has 1 atom stereocenters. The van der Waals surface area contributed by atoms with E-state index in [0.717, 1.165) is 30.4 Å². The van der Waals surface area contributed by atoms with Gasteiger partial charge in [0.25, 0.3) is 0 Å². The number of rotatable bonds is 15. The van der Waals surface area contributed by atoms with Gasteiger partial charge < -0.3 is 14.2 Å². The lowest BCUT2D eigenvalue weighted by Crippen LogP contribution is -2.11. The molecule has 6 heteroatoms. The minimum atomic E-state index is -0.554. The van der Waals surface area contributed by atoms with Gasteiger partial charge in [0.2, 0.25) is 0 Å². The van der Waals surface area contributed by atoms with Crippen molar-refractivity contribution < 1.29 is 23.8 Å². The third-order valence-electron chi connectivity index (χ3n) is 6.81. The molecule has 40 heavy (non-hydrogen) atoms. The number of hydrogen-bond acceptors (Lipinski definition) is 6. The Bertz CT molecular complexity index is 1280. The Morgan fingerprint density at radius 2 is 1.43 bits per heavy atom. The molecule has 0 N–H and O–H groups in total. The average Bonchev–Trinajstić information content (AvgIpc) is 2.99. The van der Waals surface area contributed by atoms with Crippen molar-refractivity contribution in [1.82, 2.24) is 0 Å². The van der Waals surface area contributed by atoms with Crippen LogP contribution in [0.2, 0.25) is 0 Å². The van der Waals surface area contributed by atoms with E-state index in [9.17, 15) is 14.9 Å². The summed E-state index contributed by atoms with van der Waals surface area (Å²) in [6, 6.07) is 21.2. The van der Waals surface area contributed by atoms with E-state index in [1.165, 1.54) is 31.7 Å². The van der Waals surface area contributed by atoms with E-state index in [1.807, 2.05) is 24.3 Å². The van der Waals surface area contributed by atoms with Crippen LogP contribution in [0.15, 0.2) is 66.7 Å². The summed E-state index contributed by atoms with van der Waals surface area (Å²) < 4.78 is 16.7. The molecule has 0 aromatic heterocycles. The second-order valence-electron chi connectivity index (χ2n) is 10.0. The molecule has 0 bridgehead atoms. The summed E-state index contributed by atoms with van der Waals surface area (Å²) in [6.45, 7) is 7.30. The summed E-state index contributed by atoms with van der Waals surface area (Å²) in [5.41, 5.74) is 2.94. The Kier molecular flexibility index (Phi) is 12.2. The fourth-order valence-electron chi connectivity index (χ4n) is 4.03. The molecule has 0 spiro atoms. The lowest BCUT2D eigenvalue weighted by atomic mass is 10.0. The molecule has 3 aromatic rings. The second-order valence-corrected chi connectivity index (χ2v) is 10.0. The Balaban J connectivity index is 1.53. The number of esters is 2. The first-order valence-electron chi connectivity index (χ1n) is 14.2. The Labute approximate surface area is 237 Å². The number of unbranched alkanes of at least 4 members (excludes halogenated alkanes) is 5. The van der Waals surface area contributed by atoms with Crippen molar-refractivity contribution in [2.75, 3.05) is 13.2 Å². The third kappa shape index (κ3) is 9.27. The van der Waals surface area contributed by atoms with Crippen LogP contribution in [0.4, 0.5) is 0 Å². The van der Waals surface area contributed by atoms with E-state index in [4.69, 9.17) is 14.2 Å². The predicted molar refractivity (Wildman–Crippen MR) is 157 cm³/mol. The number of ether oxygens (including phenoxy) is 3. The van der Waals surface area contributed by atoms with Crippen molar-refractivity contribution >= 4 is 11.9 Å². The largest absolute Gasteiger partial charge is 0.492 e. The summed E-state index contributed by atoms with van der Waals surface area (Å²) >= 11 is 0. The maximum absolute atomic E-state index is 12.7. The number of carbonyl (C=O) groups excluding carboxylic acids is 2. The molecule has 0 saturated carbocycles. The summed E-state index contributed by atoms with van der Waals surface area (Å²) in [5.74, 6) is 0.354. The minimum Gasteiger partial charge on any atom is -0.492 e. The van der Waals surface area contributed by atoms with Gasteiger partial charge in [-0.1, -0.05) is 83.6 Å². The molecule has 6 nitrogen and oxygen atoms in total. The second kappa shape index (κ2) is 16.1. The van der Waals surface area contributed by atoms with Crippen LogP contribution >= 0.6 is 0 Å². The van der Waals surface area contributed by atoms with Crippen molar-refractivity contribution in [2.45, 2.75) is 65.7 Å². The topological polar surface area (TPSA) is 85.6 Å². The smallest absolute Gasteiger partial charge is 0.343 e. The molecule has 0 saturated heterocycles. The molecule has 3 rings (SSSR count). The lowest BCUT2D eigenvalue weighted by molar-refractivity contribution is 0.0497. The lowest BCUT2D eigenvalue weighted by Gasteiger charge is -2.13. The highest BCUT2D eigenvalue weighted by Crippen LogP contribution is 2.25. The molecular formula is C34H39NO5. The van der Waals surface area contributed by atoms with E-state index in [1.54, 1.807) is 36.4 Å². The van der Waals surface area contributed by atoms with Crippen LogP contribution in [0.3, 0.4) is 0 Å². The maximum atomic E-state index is 12.7. The molecular weight excluding hydrogens is 502 g/mol. The van der Waals surface area contributed by atoms with E-state index in [2.05, 4.69) is 26.8 Å². The fraction of sp³-hybridized carbons (Fsp3) is 0.382. The number of benzene rings is 3. The Morgan fingerprint density at radius 3 is 2.08 bits per heavy atom. The molecule has 3 aromatic carbocycles. The highest BCUT2D eigenvalue weighted by atomic mass is 16.5. The molecule has 0 amide bonds. The number of hydrogen-bond donors (Lipinski definition) is 0. The van der Waals surface area contributed by atoms with E-state index in [0.29, 0.717) is 41.8 Å². The maximum Gasteiger partial charge on any atom is 0.343 e. The monoisotopic (exact) mass is 541 g/mol. The van der Waals surface area contributed by atoms with Crippen LogP contribution in [0.25, 0.3) is 11.1 Å². The zero-order chi connectivity index (χ0) is 28.7. The zero-order valence-electron chi connectivity index (χ0n) is 23.8. The molecule has 0 fully saturated rings. The van der Waals surface area contributed by atoms with Gasteiger partial charge in [0, 0.05) is 0 Å². The van der Waals surface area contributed by atoms with Crippen molar-refractivity contribution in [1.29, 1.82) is 5.26 Å². The number of nitrogens with zero attached hydrogens (tertiary/aromatic N) is 1. The third-order valence-corrected chi connectivity index (χ3v) is 6.81. The first-order chi connectivity index (χ1) is 19.4. The quantitative estimate of drug-likeness (QED) is 0.109. The van der Waals surface area contributed by atoms with E-state index < -0.39 is 5.97 Å². The average molecular weight is 542 g/mol. The first-order valence-corrected chi connectivity index (χ1v) is 14.2. The normalized spacial score (nSPS) is 11.3. The van der Waals surface area contributed by atoms with Gasteiger partial charge in [-0.25, -0.2) is 9.59 Å². The van der Waals surface area contributed by atoms with Crippen LogP contribution < -0.4 is 9.47 Å². The van der Waals surface area contributed by atoms with Crippen molar-refractivity contribution in [3.63, 3.8) is 0 Å². The van der Waals surface area contributed by atoms with Crippen LogP contribution in [0.1, 0.15) is 92.0 Å². The SMILES string of the molecule is CCCCCCCCOC(=O)c1ccc(-c2ccc(OC(=O)c3ccc(OC[C@@H](C)CC)c(C#N)c3)cc2)cc1. The van der Waals surface area contributed by atoms with E-state index >= 15 is 0 Å². The van der Waals surface area contributed by atoms with Crippen molar-refractivity contribution in [2.24, 2.45) is 5.92 Å². The predicted octanol–water partition coefficient (Wildman–Crippen LogP) is 8.39. The van der Waals surface area contributed by atoms with Gasteiger partial charge in [-0.2, -0.15) is 5.26 Å². The number of nitriles is 1. The van der Waals surface area contributed by atoms with Crippen LogP contribution in [-0.4, -0.2) is 25.2 Å². The van der Waals surface area contributed by atoms with Gasteiger partial charge in [0.1, 0.15) is 17.6 Å². The van der Waals surface area contributed by atoms with Gasteiger partial charge in [-0.15, -0.1) is 0 Å². The molecule has 210 valence electrons. The van der Waals surface area contributed by atoms with Gasteiger partial charge >= 0.3 is 11.9 Å². The van der Waals surface area contributed by atoms with E-state index in [-0.39, 0.29) is 11.5 Å². The summed E-state index contributed by atoms with van der Waals surface area (Å²) in [6.07, 6.45) is 7.85. The molecule has 0 aliphatic carbocycles. The summed E-state index contributed by atoms with van der Waals surface area (Å²) in [7, 11) is 0. The molecule has 0 radical (unpaired) electrons. The standard InChI is InChI=1S/C34H39NO5/c1-4-6-7-8-9-10-21-38-33(36)28-13-11-26(12-14-28)27-15-18-31(19-16-27)40-34(37)29-17-20-32(30(22-29)23-35)39-24-25(3)5-2/h11-20,22,25H,4-10,21,24H2,1-3H3/t25-/m0/s1. The van der Waals surface area contributed by atoms with Gasteiger partial charge in [0.05, 0.1) is 29.9 Å². The summed E-state index contributed by atoms with van der Waals surface area (Å²) in [4.78, 5) is 25.0. The number of carbonyl (C=O) groups is 2. The fourth-order valence-corrected chi connectivity index (χ4v) is 4.03. The van der Waals surface area contributed by atoms with Gasteiger partial charge in [-0.3, -0.25) is 0 Å². The first kappa shape index (κ1) is 30.4. The van der Waals surface area contributed by atoms with Crippen LogP contribution in [0.5, 0.6) is 11.5 Å². The van der Waals surface area contributed by atoms with Crippen LogP contribution in [0, 0.1) is 17.2 Å². The Hall–Kier alpha value is -4.11. The summed E-state index contributed by atoms with van der Waals surface area (Å²) in [5, 5.41) is 9.50. The van der Waals surface area contributed by atoms with Crippen molar-refractivity contribution in [3.05, 3.63) is 83.4 Å². The van der Waals surface area contributed by atoms with Crippen molar-refractivity contribution in [3.8, 4) is 28.7 Å². The zero-order valence-corrected chi connectivity index (χ0v) is 23.8. The molecule has 0 aliphatic heterocycles. The van der Waals surface area contributed by atoms with Crippen LogP contribution in [-0.2, 0) is 4.74 Å².